The number of halogens is 7. The highest BCUT2D eigenvalue weighted by Gasteiger charge is 2.34. The molecule has 0 aliphatic rings. The summed E-state index contributed by atoms with van der Waals surface area (Å²) in [6, 6.07) is 14.0. The molecule has 0 aromatic heterocycles. The monoisotopic (exact) mass is 504 g/mol. The SMILES string of the molecule is CCCc1ccc(-c2ccc(C(F)(F)Oc3ccc(-c4cc(F)c(F)c(F)c4)cc3)cc2)c(F)c1F. The lowest BCUT2D eigenvalue weighted by molar-refractivity contribution is -0.185. The van der Waals surface area contributed by atoms with Gasteiger partial charge in [-0.05, 0) is 65.1 Å². The molecular formula is C28H19F7O. The molecule has 0 fully saturated rings. The molecule has 0 amide bonds. The van der Waals surface area contributed by atoms with Crippen molar-refractivity contribution in [2.75, 3.05) is 0 Å². The molecule has 4 rings (SSSR count). The lowest BCUT2D eigenvalue weighted by Gasteiger charge is -2.19. The fourth-order valence-electron chi connectivity index (χ4n) is 3.76. The van der Waals surface area contributed by atoms with Gasteiger partial charge in [-0.25, -0.2) is 22.0 Å². The first-order valence-corrected chi connectivity index (χ1v) is 11.0. The van der Waals surface area contributed by atoms with Crippen molar-refractivity contribution in [3.05, 3.63) is 113 Å². The summed E-state index contributed by atoms with van der Waals surface area (Å²) >= 11 is 0. The predicted molar refractivity (Wildman–Crippen MR) is 122 cm³/mol. The largest absolute Gasteiger partial charge is 0.429 e. The summed E-state index contributed by atoms with van der Waals surface area (Å²) in [7, 11) is 0. The van der Waals surface area contributed by atoms with Crippen LogP contribution in [0.15, 0.2) is 72.8 Å². The Morgan fingerprint density at radius 2 is 1.22 bits per heavy atom. The molecule has 0 aliphatic carbocycles. The molecule has 0 heterocycles. The Kier molecular flexibility index (Phi) is 7.06. The van der Waals surface area contributed by atoms with Gasteiger partial charge in [0.25, 0.3) is 0 Å². The van der Waals surface area contributed by atoms with E-state index in [1.807, 2.05) is 6.92 Å². The zero-order valence-corrected chi connectivity index (χ0v) is 18.9. The average Bonchev–Trinajstić information content (AvgIpc) is 2.86. The van der Waals surface area contributed by atoms with Crippen LogP contribution in [0.25, 0.3) is 22.3 Å². The third-order valence-corrected chi connectivity index (χ3v) is 5.63. The Morgan fingerprint density at radius 1 is 0.639 bits per heavy atom. The van der Waals surface area contributed by atoms with Crippen LogP contribution in [0.3, 0.4) is 0 Å². The molecule has 36 heavy (non-hydrogen) atoms. The van der Waals surface area contributed by atoms with E-state index in [0.29, 0.717) is 12.8 Å². The van der Waals surface area contributed by atoms with E-state index in [1.165, 1.54) is 48.5 Å². The van der Waals surface area contributed by atoms with Crippen LogP contribution in [0.5, 0.6) is 5.75 Å². The highest BCUT2D eigenvalue weighted by atomic mass is 19.3. The van der Waals surface area contributed by atoms with Crippen molar-refractivity contribution in [3.63, 3.8) is 0 Å². The minimum atomic E-state index is -3.77. The van der Waals surface area contributed by atoms with Crippen LogP contribution >= 0.6 is 0 Å². The first-order chi connectivity index (χ1) is 17.1. The van der Waals surface area contributed by atoms with E-state index in [9.17, 15) is 30.7 Å². The zero-order chi connectivity index (χ0) is 26.0. The molecule has 0 saturated heterocycles. The zero-order valence-electron chi connectivity index (χ0n) is 18.9. The Hall–Kier alpha value is -3.81. The molecule has 8 heteroatoms. The highest BCUT2D eigenvalue weighted by molar-refractivity contribution is 5.66. The standard InChI is InChI=1S/C28H19F7O/c1-2-3-18-8-13-22(26(32)25(18)31)17-4-9-20(10-5-17)28(34,35)36-21-11-6-16(7-12-21)19-14-23(29)27(33)24(30)15-19/h4-15H,2-3H2,1H3. The van der Waals surface area contributed by atoms with Crippen LogP contribution < -0.4 is 4.74 Å². The lowest BCUT2D eigenvalue weighted by Crippen LogP contribution is -2.21. The van der Waals surface area contributed by atoms with Crippen molar-refractivity contribution in [1.82, 2.24) is 0 Å². The fraction of sp³-hybridized carbons (Fsp3) is 0.143. The van der Waals surface area contributed by atoms with E-state index in [1.54, 1.807) is 0 Å². The molecule has 4 aromatic carbocycles. The van der Waals surface area contributed by atoms with Crippen molar-refractivity contribution in [2.24, 2.45) is 0 Å². The van der Waals surface area contributed by atoms with Gasteiger partial charge in [-0.2, -0.15) is 8.78 Å². The van der Waals surface area contributed by atoms with Gasteiger partial charge in [0.2, 0.25) is 0 Å². The van der Waals surface area contributed by atoms with E-state index in [0.717, 1.165) is 24.3 Å². The fourth-order valence-corrected chi connectivity index (χ4v) is 3.76. The highest BCUT2D eigenvalue weighted by Crippen LogP contribution is 2.35. The molecule has 0 saturated carbocycles. The summed E-state index contributed by atoms with van der Waals surface area (Å²) in [4.78, 5) is 0. The van der Waals surface area contributed by atoms with Crippen molar-refractivity contribution in [2.45, 2.75) is 25.9 Å². The minimum absolute atomic E-state index is 0.0201. The Morgan fingerprint density at radius 3 is 1.81 bits per heavy atom. The van der Waals surface area contributed by atoms with E-state index in [-0.39, 0.29) is 33.6 Å². The Balaban J connectivity index is 1.52. The maximum Gasteiger partial charge on any atom is 0.426 e. The van der Waals surface area contributed by atoms with Gasteiger partial charge in [0, 0.05) is 5.56 Å². The Labute approximate surface area is 202 Å². The average molecular weight is 504 g/mol. The number of benzene rings is 4. The van der Waals surface area contributed by atoms with E-state index >= 15 is 0 Å². The molecule has 0 radical (unpaired) electrons. The second-order valence-electron chi connectivity index (χ2n) is 8.12. The summed E-state index contributed by atoms with van der Waals surface area (Å²) in [5, 5.41) is 0. The number of hydrogen-bond acceptors (Lipinski definition) is 1. The Bertz CT molecular complexity index is 1360. The van der Waals surface area contributed by atoms with Crippen LogP contribution in [0, 0.1) is 29.1 Å². The molecule has 0 unspecified atom stereocenters. The van der Waals surface area contributed by atoms with Gasteiger partial charge in [-0.3, -0.25) is 0 Å². The molecule has 186 valence electrons. The lowest BCUT2D eigenvalue weighted by atomic mass is 9.99. The van der Waals surface area contributed by atoms with Crippen molar-refractivity contribution >= 4 is 0 Å². The van der Waals surface area contributed by atoms with E-state index < -0.39 is 40.8 Å². The van der Waals surface area contributed by atoms with E-state index in [4.69, 9.17) is 4.74 Å². The van der Waals surface area contributed by atoms with Crippen molar-refractivity contribution in [1.29, 1.82) is 0 Å². The van der Waals surface area contributed by atoms with Crippen LogP contribution in [0.2, 0.25) is 0 Å². The number of hydrogen-bond donors (Lipinski definition) is 0. The second kappa shape index (κ2) is 10.0. The number of aryl methyl sites for hydroxylation is 1. The molecule has 1 nitrogen and oxygen atoms in total. The third-order valence-electron chi connectivity index (χ3n) is 5.63. The predicted octanol–water partition coefficient (Wildman–Crippen LogP) is 8.80. The van der Waals surface area contributed by atoms with Crippen LogP contribution in [0.4, 0.5) is 30.7 Å². The number of alkyl halides is 2. The first kappa shape index (κ1) is 25.3. The molecular weight excluding hydrogens is 485 g/mol. The molecule has 0 atom stereocenters. The smallest absolute Gasteiger partial charge is 0.426 e. The normalized spacial score (nSPS) is 11.6. The van der Waals surface area contributed by atoms with Crippen LogP contribution in [0.1, 0.15) is 24.5 Å². The van der Waals surface area contributed by atoms with Gasteiger partial charge < -0.3 is 4.74 Å². The second-order valence-corrected chi connectivity index (χ2v) is 8.12. The molecule has 0 bridgehead atoms. The molecule has 4 aromatic rings. The summed E-state index contributed by atoms with van der Waals surface area (Å²) in [5.74, 6) is -6.60. The van der Waals surface area contributed by atoms with Gasteiger partial charge in [-0.1, -0.05) is 49.7 Å². The van der Waals surface area contributed by atoms with Crippen LogP contribution in [-0.2, 0) is 12.5 Å². The van der Waals surface area contributed by atoms with Crippen molar-refractivity contribution in [3.8, 4) is 28.0 Å². The van der Waals surface area contributed by atoms with Gasteiger partial charge >= 0.3 is 6.11 Å². The third kappa shape index (κ3) is 5.08. The molecule has 0 spiro atoms. The maximum absolute atomic E-state index is 14.7. The molecule has 0 N–H and O–H groups in total. The summed E-state index contributed by atoms with van der Waals surface area (Å²) in [5.41, 5.74) is 0.167. The summed E-state index contributed by atoms with van der Waals surface area (Å²) in [6.45, 7) is 1.84. The topological polar surface area (TPSA) is 9.23 Å². The number of ether oxygens (including phenoxy) is 1. The maximum atomic E-state index is 14.7. The van der Waals surface area contributed by atoms with Gasteiger partial charge in [0.15, 0.2) is 29.1 Å². The van der Waals surface area contributed by atoms with Crippen LogP contribution in [-0.4, -0.2) is 0 Å². The number of rotatable bonds is 7. The van der Waals surface area contributed by atoms with Gasteiger partial charge in [-0.15, -0.1) is 0 Å². The minimum Gasteiger partial charge on any atom is -0.429 e. The summed E-state index contributed by atoms with van der Waals surface area (Å²) in [6.07, 6.45) is -2.75. The van der Waals surface area contributed by atoms with Crippen molar-refractivity contribution < 1.29 is 35.5 Å². The van der Waals surface area contributed by atoms with Gasteiger partial charge in [0.05, 0.1) is 5.56 Å². The summed E-state index contributed by atoms with van der Waals surface area (Å²) < 4.78 is 103. The first-order valence-electron chi connectivity index (χ1n) is 11.0. The van der Waals surface area contributed by atoms with E-state index in [2.05, 4.69) is 0 Å². The molecule has 0 aliphatic heterocycles. The van der Waals surface area contributed by atoms with Gasteiger partial charge in [0.1, 0.15) is 5.75 Å². The quantitative estimate of drug-likeness (QED) is 0.181.